The van der Waals surface area contributed by atoms with E-state index in [1.807, 2.05) is 16.8 Å². The molecule has 4 aromatic rings. The first kappa shape index (κ1) is 25.1. The Morgan fingerprint density at radius 3 is 2.49 bits per heavy atom. The Kier molecular flexibility index (Phi) is 6.62. The number of aryl methyl sites for hydroxylation is 2. The summed E-state index contributed by atoms with van der Waals surface area (Å²) in [7, 11) is 0. The summed E-state index contributed by atoms with van der Waals surface area (Å²) >= 11 is 0. The van der Waals surface area contributed by atoms with E-state index in [0.717, 1.165) is 43.5 Å². The number of hydrogen-bond donors (Lipinski definition) is 1. The Bertz CT molecular complexity index is 1470. The number of hydrogen-bond acceptors (Lipinski definition) is 6. The van der Waals surface area contributed by atoms with E-state index in [1.54, 1.807) is 0 Å². The average Bonchev–Trinajstić information content (AvgIpc) is 3.37. The second kappa shape index (κ2) is 9.74. The molecule has 37 heavy (non-hydrogen) atoms. The molecular formula is C29H37N7O. The zero-order valence-corrected chi connectivity index (χ0v) is 22.7. The van der Waals surface area contributed by atoms with Crippen LogP contribution in [-0.2, 0) is 12.0 Å². The molecule has 0 saturated carbocycles. The van der Waals surface area contributed by atoms with Gasteiger partial charge in [-0.05, 0) is 97.8 Å². The Morgan fingerprint density at radius 1 is 1.03 bits per heavy atom. The zero-order chi connectivity index (χ0) is 26.3. The number of aromatic amines is 1. The lowest BCUT2D eigenvalue weighted by atomic mass is 10.00. The number of tetrazole rings is 1. The number of rotatable bonds is 5. The first-order valence-corrected chi connectivity index (χ1v) is 13.2. The summed E-state index contributed by atoms with van der Waals surface area (Å²) in [6.07, 6.45) is 0.941. The molecule has 1 atom stereocenters. The molecule has 3 heterocycles. The monoisotopic (exact) mass is 499 g/mol. The van der Waals surface area contributed by atoms with Crippen LogP contribution in [0.25, 0.3) is 10.9 Å². The zero-order valence-electron chi connectivity index (χ0n) is 22.7. The van der Waals surface area contributed by atoms with E-state index in [9.17, 15) is 4.79 Å². The lowest BCUT2D eigenvalue weighted by Crippen LogP contribution is -2.49. The fourth-order valence-corrected chi connectivity index (χ4v) is 5.34. The minimum atomic E-state index is -0.353. The molecule has 2 aromatic carbocycles. The van der Waals surface area contributed by atoms with Crippen molar-refractivity contribution in [3.8, 4) is 0 Å². The molecule has 2 aromatic heterocycles. The van der Waals surface area contributed by atoms with Crippen LogP contribution in [0.3, 0.4) is 0 Å². The number of nitrogens with zero attached hydrogens (tertiary/aromatic N) is 6. The van der Waals surface area contributed by atoms with Crippen molar-refractivity contribution in [1.29, 1.82) is 0 Å². The van der Waals surface area contributed by atoms with E-state index in [2.05, 4.69) is 102 Å². The van der Waals surface area contributed by atoms with E-state index in [0.29, 0.717) is 11.4 Å². The molecule has 1 N–H and O–H groups in total. The minimum Gasteiger partial charge on any atom is -0.369 e. The molecule has 1 aliphatic rings. The van der Waals surface area contributed by atoms with Crippen LogP contribution in [0, 0.1) is 13.8 Å². The van der Waals surface area contributed by atoms with Crippen molar-refractivity contribution >= 4 is 16.6 Å². The highest BCUT2D eigenvalue weighted by molar-refractivity contribution is 5.80. The lowest BCUT2D eigenvalue weighted by molar-refractivity contribution is 0.190. The third kappa shape index (κ3) is 4.78. The van der Waals surface area contributed by atoms with E-state index >= 15 is 0 Å². The lowest BCUT2D eigenvalue weighted by Gasteiger charge is -2.40. The highest BCUT2D eigenvalue weighted by atomic mass is 16.1. The minimum absolute atomic E-state index is 0.0952. The summed E-state index contributed by atoms with van der Waals surface area (Å²) in [6.45, 7) is 16.1. The van der Waals surface area contributed by atoms with Gasteiger partial charge in [0.25, 0.3) is 5.56 Å². The summed E-state index contributed by atoms with van der Waals surface area (Å²) in [5, 5.41) is 13.9. The second-order valence-electron chi connectivity index (χ2n) is 11.1. The third-order valence-corrected chi connectivity index (χ3v) is 7.61. The van der Waals surface area contributed by atoms with Crippen molar-refractivity contribution in [1.82, 2.24) is 30.1 Å². The highest BCUT2D eigenvalue weighted by Gasteiger charge is 2.35. The number of piperazine rings is 1. The predicted molar refractivity (Wildman–Crippen MR) is 148 cm³/mol. The maximum atomic E-state index is 13.5. The standard InChI is InChI=1S/C29H37N7O/c1-7-21-11-12-24-22(17-21)18-23(28(37)30-24)26(27-31-32-33-36(27)29(4,5)6)35-15-13-34(14-16-35)25-10-8-9-19(2)20(25)3/h8-12,17-18,26H,7,13-16H2,1-6H3,(H,30,37). The van der Waals surface area contributed by atoms with Crippen LogP contribution in [0.5, 0.6) is 0 Å². The van der Waals surface area contributed by atoms with Gasteiger partial charge < -0.3 is 9.88 Å². The Morgan fingerprint density at radius 2 is 1.78 bits per heavy atom. The number of benzene rings is 2. The quantitative estimate of drug-likeness (QED) is 0.439. The third-order valence-electron chi connectivity index (χ3n) is 7.61. The van der Waals surface area contributed by atoms with Crippen LogP contribution in [-0.4, -0.2) is 56.3 Å². The summed E-state index contributed by atoms with van der Waals surface area (Å²) < 4.78 is 1.86. The molecule has 1 aliphatic heterocycles. The molecule has 0 bridgehead atoms. The van der Waals surface area contributed by atoms with E-state index in [4.69, 9.17) is 0 Å². The van der Waals surface area contributed by atoms with Crippen molar-refractivity contribution in [2.24, 2.45) is 0 Å². The van der Waals surface area contributed by atoms with Gasteiger partial charge >= 0.3 is 0 Å². The Hall–Kier alpha value is -3.52. The normalized spacial score (nSPS) is 15.9. The number of aromatic nitrogens is 5. The predicted octanol–water partition coefficient (Wildman–Crippen LogP) is 4.36. The van der Waals surface area contributed by atoms with Crippen molar-refractivity contribution in [3.05, 3.63) is 80.9 Å². The van der Waals surface area contributed by atoms with Crippen LogP contribution >= 0.6 is 0 Å². The van der Waals surface area contributed by atoms with Gasteiger partial charge in [0, 0.05) is 42.9 Å². The number of nitrogens with one attached hydrogen (secondary N) is 1. The number of fused-ring (bicyclic) bond motifs is 1. The molecule has 0 amide bonds. The molecule has 1 unspecified atom stereocenters. The largest absolute Gasteiger partial charge is 0.369 e. The van der Waals surface area contributed by atoms with Crippen molar-refractivity contribution in [2.75, 3.05) is 31.1 Å². The summed E-state index contributed by atoms with van der Waals surface area (Å²) in [6, 6.07) is 14.4. The van der Waals surface area contributed by atoms with Crippen molar-refractivity contribution in [2.45, 2.75) is 59.5 Å². The van der Waals surface area contributed by atoms with Crippen LogP contribution < -0.4 is 10.5 Å². The Labute approximate surface area is 218 Å². The Balaban J connectivity index is 1.56. The van der Waals surface area contributed by atoms with Crippen LogP contribution in [0.1, 0.15) is 61.8 Å². The van der Waals surface area contributed by atoms with Gasteiger partial charge in [0.15, 0.2) is 5.82 Å². The fourth-order valence-electron chi connectivity index (χ4n) is 5.34. The number of anilines is 1. The molecule has 0 aliphatic carbocycles. The van der Waals surface area contributed by atoms with Gasteiger partial charge in [0.05, 0.1) is 5.54 Å². The number of pyridine rings is 1. The molecule has 8 heteroatoms. The molecule has 8 nitrogen and oxygen atoms in total. The molecular weight excluding hydrogens is 462 g/mol. The first-order valence-electron chi connectivity index (χ1n) is 13.2. The van der Waals surface area contributed by atoms with Gasteiger partial charge in [-0.25, -0.2) is 4.68 Å². The van der Waals surface area contributed by atoms with Gasteiger partial charge in [-0.15, -0.1) is 5.10 Å². The van der Waals surface area contributed by atoms with E-state index in [-0.39, 0.29) is 17.1 Å². The van der Waals surface area contributed by atoms with Gasteiger partial charge in [0.2, 0.25) is 0 Å². The molecule has 194 valence electrons. The van der Waals surface area contributed by atoms with Crippen LogP contribution in [0.15, 0.2) is 47.3 Å². The SMILES string of the molecule is CCc1ccc2[nH]c(=O)c(C(c3nnnn3C(C)(C)C)N3CCN(c4cccc(C)c4C)CC3)cc2c1. The smallest absolute Gasteiger partial charge is 0.253 e. The van der Waals surface area contributed by atoms with Crippen molar-refractivity contribution in [3.63, 3.8) is 0 Å². The van der Waals surface area contributed by atoms with Gasteiger partial charge in [-0.3, -0.25) is 9.69 Å². The van der Waals surface area contributed by atoms with Crippen molar-refractivity contribution < 1.29 is 0 Å². The van der Waals surface area contributed by atoms with Gasteiger partial charge in [-0.2, -0.15) is 0 Å². The van der Waals surface area contributed by atoms with E-state index < -0.39 is 0 Å². The second-order valence-corrected chi connectivity index (χ2v) is 11.1. The number of H-pyrrole nitrogens is 1. The molecule has 0 spiro atoms. The van der Waals surface area contributed by atoms with Crippen LogP contribution in [0.2, 0.25) is 0 Å². The first-order chi connectivity index (χ1) is 17.7. The topological polar surface area (TPSA) is 82.9 Å². The summed E-state index contributed by atoms with van der Waals surface area (Å²) in [4.78, 5) is 21.5. The van der Waals surface area contributed by atoms with Gasteiger partial charge in [0.1, 0.15) is 6.04 Å². The maximum Gasteiger partial charge on any atom is 0.253 e. The van der Waals surface area contributed by atoms with Crippen LogP contribution in [0.4, 0.5) is 5.69 Å². The van der Waals surface area contributed by atoms with Gasteiger partial charge in [-0.1, -0.05) is 25.1 Å². The molecule has 1 fully saturated rings. The average molecular weight is 500 g/mol. The molecule has 5 rings (SSSR count). The maximum absolute atomic E-state index is 13.5. The molecule has 1 saturated heterocycles. The summed E-state index contributed by atoms with van der Waals surface area (Å²) in [5.41, 5.74) is 6.26. The summed E-state index contributed by atoms with van der Waals surface area (Å²) in [5.74, 6) is 0.698. The molecule has 0 radical (unpaired) electrons. The highest BCUT2D eigenvalue weighted by Crippen LogP contribution is 2.32. The fraction of sp³-hybridized carbons (Fsp3) is 0.448. The van der Waals surface area contributed by atoms with E-state index in [1.165, 1.54) is 22.4 Å².